The molecule has 1 aromatic carbocycles. The molecule has 0 heterocycles. The van der Waals surface area contributed by atoms with E-state index in [0.717, 1.165) is 0 Å². The van der Waals surface area contributed by atoms with Crippen LogP contribution in [0.5, 0.6) is 0 Å². The van der Waals surface area contributed by atoms with Crippen molar-refractivity contribution in [2.24, 2.45) is 0 Å². The molecule has 0 fully saturated rings. The van der Waals surface area contributed by atoms with E-state index in [2.05, 4.69) is 0 Å². The van der Waals surface area contributed by atoms with Gasteiger partial charge in [-0.15, -0.1) is 0 Å². The van der Waals surface area contributed by atoms with Gasteiger partial charge in [0.25, 0.3) is 6.43 Å². The quantitative estimate of drug-likeness (QED) is 0.641. The van der Waals surface area contributed by atoms with E-state index >= 15 is 0 Å². The van der Waals surface area contributed by atoms with Gasteiger partial charge >= 0.3 is 5.97 Å². The van der Waals surface area contributed by atoms with Crippen molar-refractivity contribution in [3.8, 4) is 0 Å². The molecule has 0 amide bonds. The minimum Gasteiger partial charge on any atom is -0.456 e. The second-order valence-electron chi connectivity index (χ2n) is 4.61. The van der Waals surface area contributed by atoms with E-state index in [0.29, 0.717) is 0 Å². The zero-order valence-corrected chi connectivity index (χ0v) is 9.96. The Kier molecular flexibility index (Phi) is 3.70. The second-order valence-corrected chi connectivity index (χ2v) is 4.61. The number of carbonyl (C=O) groups excluding carboxylic acids is 1. The summed E-state index contributed by atoms with van der Waals surface area (Å²) in [5, 5.41) is 0. The van der Waals surface area contributed by atoms with Gasteiger partial charge in [0.2, 0.25) is 0 Å². The third-order valence-electron chi connectivity index (χ3n) is 1.98. The van der Waals surface area contributed by atoms with Crippen LogP contribution in [0.3, 0.4) is 0 Å². The number of alkyl halides is 2. The van der Waals surface area contributed by atoms with Crippen molar-refractivity contribution in [2.75, 3.05) is 5.73 Å². The maximum Gasteiger partial charge on any atom is 0.339 e. The third-order valence-corrected chi connectivity index (χ3v) is 1.98. The molecule has 1 rings (SSSR count). The Morgan fingerprint density at radius 1 is 1.35 bits per heavy atom. The smallest absolute Gasteiger partial charge is 0.339 e. The Bertz CT molecular complexity index is 425. The lowest BCUT2D eigenvalue weighted by Crippen LogP contribution is -2.24. The van der Waals surface area contributed by atoms with Crippen molar-refractivity contribution in [3.63, 3.8) is 0 Å². The van der Waals surface area contributed by atoms with E-state index in [1.54, 1.807) is 20.8 Å². The standard InChI is InChI=1S/C12H15F2NO2/c1-12(2,3)17-11(16)7-5-4-6-8(15)9(7)10(13)14/h4-6,10H,15H2,1-3H3. The number of nitrogen functional groups attached to an aromatic ring is 1. The number of ether oxygens (including phenoxy) is 1. The highest BCUT2D eigenvalue weighted by Crippen LogP contribution is 2.29. The van der Waals surface area contributed by atoms with Crippen molar-refractivity contribution < 1.29 is 18.3 Å². The van der Waals surface area contributed by atoms with Gasteiger partial charge in [0, 0.05) is 5.69 Å². The van der Waals surface area contributed by atoms with Crippen molar-refractivity contribution in [2.45, 2.75) is 32.8 Å². The number of rotatable bonds is 2. The van der Waals surface area contributed by atoms with Gasteiger partial charge in [-0.05, 0) is 32.9 Å². The lowest BCUT2D eigenvalue weighted by Gasteiger charge is -2.20. The number of hydrogen-bond donors (Lipinski definition) is 1. The number of anilines is 1. The van der Waals surface area contributed by atoms with Crippen LogP contribution in [-0.2, 0) is 4.74 Å². The largest absolute Gasteiger partial charge is 0.456 e. The Hall–Kier alpha value is -1.65. The van der Waals surface area contributed by atoms with Gasteiger partial charge in [-0.25, -0.2) is 13.6 Å². The van der Waals surface area contributed by atoms with E-state index in [-0.39, 0.29) is 11.3 Å². The first-order chi connectivity index (χ1) is 7.72. The lowest BCUT2D eigenvalue weighted by atomic mass is 10.1. The summed E-state index contributed by atoms with van der Waals surface area (Å²) in [4.78, 5) is 11.7. The highest BCUT2D eigenvalue weighted by Gasteiger charge is 2.25. The summed E-state index contributed by atoms with van der Waals surface area (Å²) < 4.78 is 30.6. The maximum atomic E-state index is 12.8. The molecule has 94 valence electrons. The summed E-state index contributed by atoms with van der Waals surface area (Å²) in [6, 6.07) is 4.06. The average molecular weight is 243 g/mol. The van der Waals surface area contributed by atoms with E-state index < -0.39 is 23.6 Å². The molecule has 0 atom stereocenters. The van der Waals surface area contributed by atoms with Gasteiger partial charge in [0.05, 0.1) is 11.1 Å². The van der Waals surface area contributed by atoms with Crippen LogP contribution in [-0.4, -0.2) is 11.6 Å². The minimum absolute atomic E-state index is 0.108. The fourth-order valence-corrected chi connectivity index (χ4v) is 1.34. The number of nitrogens with two attached hydrogens (primary N) is 1. The zero-order valence-electron chi connectivity index (χ0n) is 9.96. The molecule has 0 saturated heterocycles. The van der Waals surface area contributed by atoms with Gasteiger partial charge in [0.1, 0.15) is 5.60 Å². The molecule has 0 aliphatic carbocycles. The minimum atomic E-state index is -2.81. The van der Waals surface area contributed by atoms with Crippen LogP contribution >= 0.6 is 0 Å². The maximum absolute atomic E-state index is 12.8. The van der Waals surface area contributed by atoms with E-state index in [4.69, 9.17) is 10.5 Å². The third kappa shape index (κ3) is 3.41. The molecule has 0 radical (unpaired) electrons. The molecular formula is C12H15F2NO2. The topological polar surface area (TPSA) is 52.3 Å². The fourth-order valence-electron chi connectivity index (χ4n) is 1.34. The number of carbonyl (C=O) groups is 1. The van der Waals surface area contributed by atoms with Crippen LogP contribution in [0, 0.1) is 0 Å². The van der Waals surface area contributed by atoms with Gasteiger partial charge in [-0.3, -0.25) is 0 Å². The van der Waals surface area contributed by atoms with Gasteiger partial charge in [0.15, 0.2) is 0 Å². The molecule has 17 heavy (non-hydrogen) atoms. The molecule has 2 N–H and O–H groups in total. The first-order valence-corrected chi connectivity index (χ1v) is 5.12. The summed E-state index contributed by atoms with van der Waals surface area (Å²) in [5.41, 5.74) is 3.94. The van der Waals surface area contributed by atoms with Crippen LogP contribution in [0.25, 0.3) is 0 Å². The predicted octanol–water partition coefficient (Wildman–Crippen LogP) is 3.16. The van der Waals surface area contributed by atoms with Gasteiger partial charge in [-0.1, -0.05) is 6.07 Å². The van der Waals surface area contributed by atoms with Crippen LogP contribution < -0.4 is 5.73 Å². The Morgan fingerprint density at radius 3 is 2.41 bits per heavy atom. The molecule has 0 saturated carbocycles. The summed E-state index contributed by atoms with van der Waals surface area (Å²) in [5.74, 6) is -0.792. The fraction of sp³-hybridized carbons (Fsp3) is 0.417. The highest BCUT2D eigenvalue weighted by atomic mass is 19.3. The van der Waals surface area contributed by atoms with Crippen LogP contribution in [0.15, 0.2) is 18.2 Å². The average Bonchev–Trinajstić information content (AvgIpc) is 2.13. The number of hydrogen-bond acceptors (Lipinski definition) is 3. The SMILES string of the molecule is CC(C)(C)OC(=O)c1cccc(N)c1C(F)F. The normalized spacial score (nSPS) is 11.6. The molecule has 1 aromatic rings. The second kappa shape index (κ2) is 4.69. The van der Waals surface area contributed by atoms with Crippen molar-refractivity contribution in [3.05, 3.63) is 29.3 Å². The highest BCUT2D eigenvalue weighted by molar-refractivity contribution is 5.93. The summed E-state index contributed by atoms with van der Waals surface area (Å²) in [7, 11) is 0. The molecule has 5 heteroatoms. The summed E-state index contributed by atoms with van der Waals surface area (Å²) >= 11 is 0. The van der Waals surface area contributed by atoms with Crippen LogP contribution in [0.2, 0.25) is 0 Å². The molecule has 3 nitrogen and oxygen atoms in total. The zero-order chi connectivity index (χ0) is 13.2. The Morgan fingerprint density at radius 2 is 1.94 bits per heavy atom. The van der Waals surface area contributed by atoms with E-state index in [9.17, 15) is 13.6 Å². The van der Waals surface area contributed by atoms with Crippen LogP contribution in [0.4, 0.5) is 14.5 Å². The van der Waals surface area contributed by atoms with Crippen molar-refractivity contribution in [1.29, 1.82) is 0 Å². The molecule has 0 aromatic heterocycles. The number of benzene rings is 1. The first-order valence-electron chi connectivity index (χ1n) is 5.12. The summed E-state index contributed by atoms with van der Waals surface area (Å²) in [6.07, 6.45) is -2.81. The molecule has 0 aliphatic heterocycles. The summed E-state index contributed by atoms with van der Waals surface area (Å²) in [6.45, 7) is 5.00. The molecule has 0 bridgehead atoms. The number of esters is 1. The van der Waals surface area contributed by atoms with E-state index in [1.165, 1.54) is 18.2 Å². The Balaban J connectivity index is 3.14. The van der Waals surface area contributed by atoms with E-state index in [1.807, 2.05) is 0 Å². The molecule has 0 spiro atoms. The first kappa shape index (κ1) is 13.4. The molecular weight excluding hydrogens is 228 g/mol. The van der Waals surface area contributed by atoms with Gasteiger partial charge < -0.3 is 10.5 Å². The number of halogens is 2. The van der Waals surface area contributed by atoms with Gasteiger partial charge in [-0.2, -0.15) is 0 Å². The van der Waals surface area contributed by atoms with Crippen LogP contribution in [0.1, 0.15) is 43.1 Å². The van der Waals surface area contributed by atoms with Crippen molar-refractivity contribution >= 4 is 11.7 Å². The monoisotopic (exact) mass is 243 g/mol. The Labute approximate surface area is 98.6 Å². The molecule has 0 unspecified atom stereocenters. The van der Waals surface area contributed by atoms with Crippen molar-refractivity contribution in [1.82, 2.24) is 0 Å². The lowest BCUT2D eigenvalue weighted by molar-refractivity contribution is 0.00622. The molecule has 0 aliphatic rings. The predicted molar refractivity (Wildman–Crippen MR) is 61.0 cm³/mol.